The Labute approximate surface area is 224 Å². The van der Waals surface area contributed by atoms with Crippen LogP contribution in [0.3, 0.4) is 0 Å². The molecule has 2 aromatic carbocycles. The highest BCUT2D eigenvalue weighted by Gasteiger charge is 2.46. The molecule has 192 valence electrons. The molecule has 0 radical (unpaired) electrons. The number of piperazine rings is 3. The number of anilines is 1. The largest absolute Gasteiger partial charge is 0.370 e. The molecule has 1 amide bonds. The zero-order valence-electron chi connectivity index (χ0n) is 21.8. The van der Waals surface area contributed by atoms with Gasteiger partial charge in [0, 0.05) is 30.0 Å². The summed E-state index contributed by atoms with van der Waals surface area (Å²) in [6.45, 7) is 11.0. The van der Waals surface area contributed by atoms with Crippen molar-refractivity contribution in [2.24, 2.45) is 5.73 Å². The lowest BCUT2D eigenvalue weighted by molar-refractivity contribution is -1.07. The second-order valence-corrected chi connectivity index (χ2v) is 12.3. The van der Waals surface area contributed by atoms with Crippen molar-refractivity contribution in [3.63, 3.8) is 0 Å². The predicted octanol–water partition coefficient (Wildman–Crippen LogP) is 3.59. The molecule has 5 heterocycles. The highest BCUT2D eigenvalue weighted by Crippen LogP contribution is 2.46. The number of nitrogens with two attached hydrogens (primary N) is 1. The van der Waals surface area contributed by atoms with Gasteiger partial charge in [-0.1, -0.05) is 36.0 Å². The number of aromatic nitrogens is 1. The molecular weight excluding hydrogens is 478 g/mol. The number of amides is 1. The van der Waals surface area contributed by atoms with Gasteiger partial charge in [-0.25, -0.2) is 0 Å². The van der Waals surface area contributed by atoms with Gasteiger partial charge >= 0.3 is 0 Å². The summed E-state index contributed by atoms with van der Waals surface area (Å²) in [5.74, 6) is -0.271. The molecule has 2 N–H and O–H groups in total. The van der Waals surface area contributed by atoms with Crippen molar-refractivity contribution in [1.29, 1.82) is 0 Å². The Balaban J connectivity index is 1.24. The SMILES string of the molecule is C[N+]12CC[N+](CCC[n+]3ccc(C=C4Sc5ccccc5N4CCC(N)=O)c4ccccc43)(CC1)CC2. The smallest absolute Gasteiger partial charge is 0.219 e. The number of benzene rings is 2. The van der Waals surface area contributed by atoms with E-state index in [-0.39, 0.29) is 5.91 Å². The van der Waals surface area contributed by atoms with Crippen molar-refractivity contribution in [3.05, 3.63) is 71.4 Å². The van der Waals surface area contributed by atoms with Crippen LogP contribution >= 0.6 is 11.8 Å². The van der Waals surface area contributed by atoms with E-state index >= 15 is 0 Å². The number of pyridine rings is 1. The summed E-state index contributed by atoms with van der Waals surface area (Å²) in [6, 6.07) is 19.4. The van der Waals surface area contributed by atoms with E-state index in [4.69, 9.17) is 5.73 Å². The van der Waals surface area contributed by atoms with Crippen LogP contribution in [0.4, 0.5) is 5.69 Å². The lowest BCUT2D eigenvalue weighted by atomic mass is 10.1. The number of nitrogens with zero attached hydrogens (tertiary/aromatic N) is 4. The van der Waals surface area contributed by atoms with Crippen LogP contribution in [-0.2, 0) is 11.3 Å². The van der Waals surface area contributed by atoms with Gasteiger partial charge in [-0.05, 0) is 29.8 Å². The van der Waals surface area contributed by atoms with Gasteiger partial charge in [0.15, 0.2) is 12.7 Å². The molecule has 37 heavy (non-hydrogen) atoms. The van der Waals surface area contributed by atoms with Gasteiger partial charge in [-0.3, -0.25) is 4.79 Å². The molecular formula is C30H38N5OS+3. The van der Waals surface area contributed by atoms with Gasteiger partial charge in [0.1, 0.15) is 39.3 Å². The molecule has 2 bridgehead atoms. The molecule has 3 fully saturated rings. The van der Waals surface area contributed by atoms with Gasteiger partial charge in [0.2, 0.25) is 11.4 Å². The summed E-state index contributed by atoms with van der Waals surface area (Å²) < 4.78 is 5.06. The van der Waals surface area contributed by atoms with E-state index in [9.17, 15) is 4.79 Å². The fourth-order valence-corrected chi connectivity index (χ4v) is 7.46. The lowest BCUT2D eigenvalue weighted by Gasteiger charge is -2.54. The zero-order valence-corrected chi connectivity index (χ0v) is 22.6. The Morgan fingerprint density at radius 1 is 1.03 bits per heavy atom. The fourth-order valence-electron chi connectivity index (χ4n) is 6.32. The summed E-state index contributed by atoms with van der Waals surface area (Å²) in [4.78, 5) is 15.0. The first-order valence-electron chi connectivity index (χ1n) is 13.6. The van der Waals surface area contributed by atoms with Gasteiger partial charge in [0.25, 0.3) is 0 Å². The van der Waals surface area contributed by atoms with Crippen LogP contribution in [0, 0.1) is 0 Å². The van der Waals surface area contributed by atoms with Crippen LogP contribution in [0.1, 0.15) is 18.4 Å². The molecule has 7 heteroatoms. The summed E-state index contributed by atoms with van der Waals surface area (Å²) in [7, 11) is 2.44. The molecule has 6 nitrogen and oxygen atoms in total. The number of carbonyl (C=O) groups excluding carboxylic acids is 1. The van der Waals surface area contributed by atoms with Crippen molar-refractivity contribution in [2.75, 3.05) is 64.3 Å². The van der Waals surface area contributed by atoms with Crippen LogP contribution < -0.4 is 15.2 Å². The average Bonchev–Trinajstić information content (AvgIpc) is 3.26. The quantitative estimate of drug-likeness (QED) is 0.368. The van der Waals surface area contributed by atoms with Crippen molar-refractivity contribution in [1.82, 2.24) is 0 Å². The third-order valence-corrected chi connectivity index (χ3v) is 9.94. The van der Waals surface area contributed by atoms with E-state index in [0.717, 1.165) is 17.3 Å². The van der Waals surface area contributed by atoms with E-state index < -0.39 is 0 Å². The standard InChI is InChI=1S/C30H37N5OS/c1-34-17-20-35(21-18-34,22-19-34)16-6-13-32-14-11-24(25-7-2-3-8-26(25)32)23-30-33(15-12-29(31)36)27-9-4-5-10-28(27)37-30/h2-5,7-11,14,23H,6,12-13,15-22H2,1H3,(H-,31,36)/q+2/p+1. The molecule has 1 aromatic heterocycles. The monoisotopic (exact) mass is 516 g/mol. The number of rotatable bonds is 8. The maximum Gasteiger partial charge on any atom is 0.219 e. The zero-order chi connectivity index (χ0) is 25.5. The first-order chi connectivity index (χ1) is 17.9. The van der Waals surface area contributed by atoms with E-state index in [1.807, 2.05) is 0 Å². The Bertz CT molecular complexity index is 1340. The third kappa shape index (κ3) is 4.88. The maximum absolute atomic E-state index is 11.6. The number of fused-ring (bicyclic) bond motifs is 5. The molecule has 0 spiro atoms. The molecule has 3 aromatic rings. The predicted molar refractivity (Wildman–Crippen MR) is 151 cm³/mol. The summed E-state index contributed by atoms with van der Waals surface area (Å²) in [5.41, 5.74) is 9.13. The molecule has 0 atom stereocenters. The van der Waals surface area contributed by atoms with E-state index in [1.54, 1.807) is 11.8 Å². The number of para-hydroxylation sites is 2. The van der Waals surface area contributed by atoms with Crippen LogP contribution in [0.15, 0.2) is 70.7 Å². The number of hydrogen-bond acceptors (Lipinski definition) is 3. The van der Waals surface area contributed by atoms with Gasteiger partial charge < -0.3 is 19.6 Å². The summed E-state index contributed by atoms with van der Waals surface area (Å²) in [6.07, 6.45) is 6.08. The number of carbonyl (C=O) groups is 1. The van der Waals surface area contributed by atoms with Gasteiger partial charge in [-0.2, -0.15) is 4.57 Å². The highest BCUT2D eigenvalue weighted by molar-refractivity contribution is 8.03. The number of hydrogen-bond donors (Lipinski definition) is 1. The summed E-state index contributed by atoms with van der Waals surface area (Å²) >= 11 is 1.76. The average molecular weight is 517 g/mol. The molecule has 4 aliphatic heterocycles. The number of likely N-dealkylation sites (N-methyl/N-ethyl adjacent to an activating group) is 1. The van der Waals surface area contributed by atoms with Crippen LogP contribution in [0.2, 0.25) is 0 Å². The van der Waals surface area contributed by atoms with Crippen LogP contribution in [0.5, 0.6) is 0 Å². The number of thioether (sulfide) groups is 1. The Hall–Kier alpha value is -2.87. The second-order valence-electron chi connectivity index (χ2n) is 11.3. The molecule has 0 unspecified atom stereocenters. The number of primary amides is 1. The molecule has 0 aliphatic carbocycles. The van der Waals surface area contributed by atoms with Crippen molar-refractivity contribution in [2.45, 2.75) is 24.3 Å². The van der Waals surface area contributed by atoms with Crippen molar-refractivity contribution >= 4 is 40.3 Å². The molecule has 0 saturated carbocycles. The highest BCUT2D eigenvalue weighted by atomic mass is 32.2. The van der Waals surface area contributed by atoms with Crippen LogP contribution in [0.25, 0.3) is 17.0 Å². The fraction of sp³-hybridized carbons (Fsp3) is 0.400. The van der Waals surface area contributed by atoms with E-state index in [1.165, 1.54) is 82.6 Å². The number of aryl methyl sites for hydroxylation is 1. The molecule has 3 saturated heterocycles. The second kappa shape index (κ2) is 9.78. The molecule has 4 aliphatic rings. The van der Waals surface area contributed by atoms with Gasteiger partial charge in [-0.15, -0.1) is 0 Å². The minimum atomic E-state index is -0.271. The third-order valence-electron chi connectivity index (χ3n) is 8.83. The van der Waals surface area contributed by atoms with Crippen LogP contribution in [-0.4, -0.2) is 74.3 Å². The minimum Gasteiger partial charge on any atom is -0.370 e. The molecule has 7 rings (SSSR count). The Morgan fingerprint density at radius 2 is 1.76 bits per heavy atom. The Morgan fingerprint density at radius 3 is 2.54 bits per heavy atom. The van der Waals surface area contributed by atoms with E-state index in [2.05, 4.69) is 83.4 Å². The van der Waals surface area contributed by atoms with E-state index in [0.29, 0.717) is 13.0 Å². The lowest BCUT2D eigenvalue weighted by Crippen LogP contribution is -2.73. The first-order valence-corrected chi connectivity index (χ1v) is 14.4. The topological polar surface area (TPSA) is 50.2 Å². The normalized spacial score (nSPS) is 25.6. The maximum atomic E-state index is 11.6. The number of quaternary nitrogens is 2. The Kier molecular flexibility index (Phi) is 6.47. The van der Waals surface area contributed by atoms with Crippen molar-refractivity contribution < 1.29 is 18.3 Å². The summed E-state index contributed by atoms with van der Waals surface area (Å²) in [5, 5.41) is 2.40. The van der Waals surface area contributed by atoms with Crippen molar-refractivity contribution in [3.8, 4) is 0 Å². The first kappa shape index (κ1) is 24.5. The minimum absolute atomic E-state index is 0.271. The van der Waals surface area contributed by atoms with Gasteiger partial charge in [0.05, 0.1) is 36.1 Å².